The average molecular weight is 475 g/mol. The van der Waals surface area contributed by atoms with E-state index in [4.69, 9.17) is 10.00 Å². The Morgan fingerprint density at radius 2 is 1.71 bits per heavy atom. The quantitative estimate of drug-likeness (QED) is 0.394. The number of piperazine rings is 1. The number of thiophene rings is 1. The van der Waals surface area contributed by atoms with E-state index in [1.807, 2.05) is 12.1 Å². The molecule has 6 heteroatoms. The Bertz CT molecular complexity index is 1040. The summed E-state index contributed by atoms with van der Waals surface area (Å²) in [6.07, 6.45) is 1.03. The predicted octanol–water partition coefficient (Wildman–Crippen LogP) is 5.06. The first-order valence-electron chi connectivity index (χ1n) is 12.2. The third-order valence-electron chi connectivity index (χ3n) is 6.28. The molecular weight excluding hydrogens is 440 g/mol. The van der Waals surface area contributed by atoms with E-state index in [2.05, 4.69) is 82.0 Å². The van der Waals surface area contributed by atoms with Gasteiger partial charge in [-0.3, -0.25) is 9.80 Å². The van der Waals surface area contributed by atoms with Crippen LogP contribution in [0.15, 0.2) is 66.0 Å². The second-order valence-corrected chi connectivity index (χ2v) is 9.71. The highest BCUT2D eigenvalue weighted by atomic mass is 32.1. The van der Waals surface area contributed by atoms with Gasteiger partial charge < -0.3 is 10.1 Å². The number of ether oxygens (including phenoxy) is 1. The van der Waals surface area contributed by atoms with E-state index in [-0.39, 0.29) is 6.10 Å². The molecule has 34 heavy (non-hydrogen) atoms. The topological polar surface area (TPSA) is 51.5 Å². The second-order valence-electron chi connectivity index (χ2n) is 8.73. The van der Waals surface area contributed by atoms with Gasteiger partial charge in [0.15, 0.2) is 0 Å². The average Bonchev–Trinajstić information content (AvgIpc) is 3.41. The van der Waals surface area contributed by atoms with Crippen LogP contribution in [-0.2, 0) is 13.1 Å². The van der Waals surface area contributed by atoms with Crippen molar-refractivity contribution in [2.75, 3.05) is 39.3 Å². The monoisotopic (exact) mass is 474 g/mol. The molecule has 0 aliphatic carbocycles. The summed E-state index contributed by atoms with van der Waals surface area (Å²) in [5, 5.41) is 14.5. The summed E-state index contributed by atoms with van der Waals surface area (Å²) in [4.78, 5) is 6.30. The number of hydrogen-bond acceptors (Lipinski definition) is 6. The molecule has 0 spiro atoms. The van der Waals surface area contributed by atoms with Crippen LogP contribution >= 0.6 is 11.3 Å². The minimum atomic E-state index is 0.0736. The molecule has 5 nitrogen and oxygen atoms in total. The number of benzene rings is 2. The molecule has 3 aromatic rings. The zero-order chi connectivity index (χ0) is 23.6. The van der Waals surface area contributed by atoms with Crippen LogP contribution in [0, 0.1) is 11.3 Å². The fourth-order valence-corrected chi connectivity index (χ4v) is 5.12. The van der Waals surface area contributed by atoms with Gasteiger partial charge in [-0.05, 0) is 48.3 Å². The molecular formula is C28H34N4OS. The van der Waals surface area contributed by atoms with E-state index < -0.39 is 0 Å². The molecule has 0 saturated carbocycles. The largest absolute Gasteiger partial charge is 0.485 e. The van der Waals surface area contributed by atoms with Crippen molar-refractivity contribution in [1.82, 2.24) is 15.1 Å². The molecule has 0 bridgehead atoms. The summed E-state index contributed by atoms with van der Waals surface area (Å²) in [5.41, 5.74) is 3.24. The van der Waals surface area contributed by atoms with Crippen molar-refractivity contribution in [3.05, 3.63) is 87.6 Å². The van der Waals surface area contributed by atoms with Crippen molar-refractivity contribution in [1.29, 1.82) is 5.26 Å². The predicted molar refractivity (Wildman–Crippen MR) is 139 cm³/mol. The number of para-hydroxylation sites is 1. The molecule has 2 aromatic carbocycles. The summed E-state index contributed by atoms with van der Waals surface area (Å²) in [6.45, 7) is 10.1. The van der Waals surface area contributed by atoms with Crippen LogP contribution < -0.4 is 10.1 Å². The Kier molecular flexibility index (Phi) is 9.12. The van der Waals surface area contributed by atoms with Crippen LogP contribution in [0.25, 0.3) is 0 Å². The number of nitriles is 1. The van der Waals surface area contributed by atoms with Crippen LogP contribution in [0.5, 0.6) is 5.75 Å². The zero-order valence-electron chi connectivity index (χ0n) is 20.0. The minimum Gasteiger partial charge on any atom is -0.485 e. The third-order valence-corrected chi connectivity index (χ3v) is 7.25. The van der Waals surface area contributed by atoms with Gasteiger partial charge in [0.1, 0.15) is 11.9 Å². The summed E-state index contributed by atoms with van der Waals surface area (Å²) >= 11 is 1.77. The molecule has 1 aromatic heterocycles. The van der Waals surface area contributed by atoms with Crippen LogP contribution in [0.1, 0.15) is 41.0 Å². The highest BCUT2D eigenvalue weighted by Gasteiger charge is 2.20. The van der Waals surface area contributed by atoms with Crippen molar-refractivity contribution in [2.24, 2.45) is 0 Å². The molecule has 1 fully saturated rings. The smallest absolute Gasteiger partial charge is 0.134 e. The number of nitrogens with zero attached hydrogens (tertiary/aromatic N) is 3. The Balaban J connectivity index is 1.33. The van der Waals surface area contributed by atoms with E-state index in [0.717, 1.165) is 70.1 Å². The molecule has 0 amide bonds. The summed E-state index contributed by atoms with van der Waals surface area (Å²) in [7, 11) is 0. The summed E-state index contributed by atoms with van der Waals surface area (Å²) in [5.74, 6) is 0.998. The highest BCUT2D eigenvalue weighted by molar-refractivity contribution is 7.10. The highest BCUT2D eigenvalue weighted by Crippen LogP contribution is 2.30. The van der Waals surface area contributed by atoms with Crippen molar-refractivity contribution in [2.45, 2.75) is 32.5 Å². The van der Waals surface area contributed by atoms with Crippen molar-refractivity contribution >= 4 is 11.3 Å². The van der Waals surface area contributed by atoms with E-state index in [9.17, 15) is 0 Å². The Morgan fingerprint density at radius 3 is 2.38 bits per heavy atom. The molecule has 1 saturated heterocycles. The van der Waals surface area contributed by atoms with E-state index in [1.165, 1.54) is 16.0 Å². The molecule has 1 unspecified atom stereocenters. The first-order valence-corrected chi connectivity index (χ1v) is 13.1. The third kappa shape index (κ3) is 6.91. The van der Waals surface area contributed by atoms with Crippen molar-refractivity contribution < 1.29 is 4.74 Å². The van der Waals surface area contributed by atoms with Crippen LogP contribution in [-0.4, -0.2) is 49.1 Å². The lowest BCUT2D eigenvalue weighted by Crippen LogP contribution is -2.45. The maximum absolute atomic E-state index is 8.99. The molecule has 1 aliphatic rings. The van der Waals surface area contributed by atoms with Gasteiger partial charge in [-0.1, -0.05) is 43.3 Å². The van der Waals surface area contributed by atoms with E-state index >= 15 is 0 Å². The SMILES string of the molecule is CCNCCC(Oc1ccccc1CN1CCN(Cc2ccc(C#N)cc2)CC1)c1cccs1. The van der Waals surface area contributed by atoms with Crippen LogP contribution in [0.2, 0.25) is 0 Å². The number of nitrogens with one attached hydrogen (secondary N) is 1. The summed E-state index contributed by atoms with van der Waals surface area (Å²) < 4.78 is 6.61. The number of hydrogen-bond donors (Lipinski definition) is 1. The Morgan fingerprint density at radius 1 is 0.971 bits per heavy atom. The maximum atomic E-state index is 8.99. The maximum Gasteiger partial charge on any atom is 0.134 e. The number of rotatable bonds is 11. The van der Waals surface area contributed by atoms with Gasteiger partial charge in [-0.25, -0.2) is 0 Å². The van der Waals surface area contributed by atoms with Gasteiger partial charge in [0.05, 0.1) is 11.6 Å². The molecule has 178 valence electrons. The summed E-state index contributed by atoms with van der Waals surface area (Å²) in [6, 6.07) is 22.9. The molecule has 4 rings (SSSR count). The van der Waals surface area contributed by atoms with Crippen molar-refractivity contribution in [3.63, 3.8) is 0 Å². The van der Waals surface area contributed by atoms with Gasteiger partial charge >= 0.3 is 0 Å². The van der Waals surface area contributed by atoms with E-state index in [0.29, 0.717) is 0 Å². The van der Waals surface area contributed by atoms with Gasteiger partial charge in [-0.2, -0.15) is 5.26 Å². The fraction of sp³-hybridized carbons (Fsp3) is 0.393. The fourth-order valence-electron chi connectivity index (χ4n) is 4.34. The lowest BCUT2D eigenvalue weighted by atomic mass is 10.1. The van der Waals surface area contributed by atoms with Crippen LogP contribution in [0.3, 0.4) is 0 Å². The first kappa shape index (κ1) is 24.4. The normalized spacial score (nSPS) is 15.6. The lowest BCUT2D eigenvalue weighted by molar-refractivity contribution is 0.119. The Labute approximate surface area is 207 Å². The minimum absolute atomic E-state index is 0.0736. The Hall–Kier alpha value is -2.69. The van der Waals surface area contributed by atoms with Gasteiger partial charge in [0, 0.05) is 56.1 Å². The van der Waals surface area contributed by atoms with Gasteiger partial charge in [0.2, 0.25) is 0 Å². The first-order chi connectivity index (χ1) is 16.7. The molecule has 1 N–H and O–H groups in total. The van der Waals surface area contributed by atoms with Crippen molar-refractivity contribution in [3.8, 4) is 11.8 Å². The van der Waals surface area contributed by atoms with Gasteiger partial charge in [0.25, 0.3) is 0 Å². The van der Waals surface area contributed by atoms with E-state index in [1.54, 1.807) is 11.3 Å². The molecule has 0 radical (unpaired) electrons. The zero-order valence-corrected chi connectivity index (χ0v) is 20.8. The second kappa shape index (κ2) is 12.7. The molecule has 2 heterocycles. The lowest BCUT2D eigenvalue weighted by Gasteiger charge is -2.35. The molecule has 1 atom stereocenters. The van der Waals surface area contributed by atoms with Gasteiger partial charge in [-0.15, -0.1) is 11.3 Å². The van der Waals surface area contributed by atoms with Crippen LogP contribution in [0.4, 0.5) is 0 Å². The standard InChI is InChI=1S/C28H34N4OS/c1-2-30-14-13-27(28-8-5-19-34-28)33-26-7-4-3-6-25(26)22-32-17-15-31(16-18-32)21-24-11-9-23(20-29)10-12-24/h3-12,19,27,30H,2,13-18,21-22H2,1H3. The molecule has 1 aliphatic heterocycles.